The second-order valence-corrected chi connectivity index (χ2v) is 7.26. The van der Waals surface area contributed by atoms with Gasteiger partial charge in [-0.05, 0) is 37.2 Å². The number of methoxy groups -OCH3 is 1. The summed E-state index contributed by atoms with van der Waals surface area (Å²) in [5.41, 5.74) is 2.40. The predicted octanol–water partition coefficient (Wildman–Crippen LogP) is 2.22. The number of rotatable bonds is 10. The second-order valence-electron chi connectivity index (χ2n) is 7.26. The maximum atomic E-state index is 12.4. The molecule has 2 aromatic carbocycles. The lowest BCUT2D eigenvalue weighted by Gasteiger charge is -2.21. The van der Waals surface area contributed by atoms with Crippen molar-refractivity contribution in [3.8, 4) is 5.75 Å². The van der Waals surface area contributed by atoms with Crippen LogP contribution >= 0.6 is 0 Å². The van der Waals surface area contributed by atoms with Gasteiger partial charge in [0.15, 0.2) is 0 Å². The minimum atomic E-state index is -0.268. The zero-order chi connectivity index (χ0) is 22.8. The van der Waals surface area contributed by atoms with Crippen LogP contribution in [0.5, 0.6) is 5.75 Å². The number of anilines is 2. The monoisotopic (exact) mass is 426 g/mol. The highest BCUT2D eigenvalue weighted by Crippen LogP contribution is 2.17. The van der Waals surface area contributed by atoms with Crippen LogP contribution < -0.4 is 15.4 Å². The van der Waals surface area contributed by atoms with E-state index in [2.05, 4.69) is 10.6 Å². The molecule has 2 aromatic rings. The van der Waals surface area contributed by atoms with Crippen molar-refractivity contribution in [3.63, 3.8) is 0 Å². The molecule has 2 rings (SSSR count). The number of hydrogen-bond donors (Lipinski definition) is 2. The molecule has 0 aliphatic rings. The zero-order valence-corrected chi connectivity index (χ0v) is 18.5. The van der Waals surface area contributed by atoms with E-state index in [1.165, 1.54) is 4.90 Å². The summed E-state index contributed by atoms with van der Waals surface area (Å²) in [5, 5.41) is 5.62. The Morgan fingerprint density at radius 2 is 1.61 bits per heavy atom. The Hall–Kier alpha value is -3.39. The van der Waals surface area contributed by atoms with Crippen molar-refractivity contribution in [2.45, 2.75) is 13.3 Å². The van der Waals surface area contributed by atoms with Crippen molar-refractivity contribution in [1.29, 1.82) is 0 Å². The Bertz CT molecular complexity index is 916. The van der Waals surface area contributed by atoms with E-state index in [1.54, 1.807) is 50.4 Å². The molecule has 0 unspecified atom stereocenters. The van der Waals surface area contributed by atoms with E-state index in [0.717, 1.165) is 17.7 Å². The number of ether oxygens (including phenoxy) is 1. The molecule has 0 fully saturated rings. The van der Waals surface area contributed by atoms with Gasteiger partial charge in [0.1, 0.15) is 5.75 Å². The van der Waals surface area contributed by atoms with Crippen LogP contribution in [0.25, 0.3) is 0 Å². The van der Waals surface area contributed by atoms with E-state index >= 15 is 0 Å². The molecule has 8 heteroatoms. The molecule has 0 aromatic heterocycles. The average molecular weight is 427 g/mol. The van der Waals surface area contributed by atoms with E-state index in [0.29, 0.717) is 11.4 Å². The number of nitrogens with zero attached hydrogens (tertiary/aromatic N) is 2. The lowest BCUT2D eigenvalue weighted by atomic mass is 10.1. The molecule has 0 heterocycles. The van der Waals surface area contributed by atoms with E-state index < -0.39 is 0 Å². The molecule has 0 spiro atoms. The van der Waals surface area contributed by atoms with E-state index in [1.807, 2.05) is 31.2 Å². The topological polar surface area (TPSA) is 91.0 Å². The van der Waals surface area contributed by atoms with Gasteiger partial charge < -0.3 is 20.3 Å². The average Bonchev–Trinajstić information content (AvgIpc) is 2.73. The number of carbonyl (C=O) groups is 3. The van der Waals surface area contributed by atoms with Gasteiger partial charge in [-0.2, -0.15) is 0 Å². The summed E-state index contributed by atoms with van der Waals surface area (Å²) in [5.74, 6) is -0.131. The summed E-state index contributed by atoms with van der Waals surface area (Å²) >= 11 is 0. The van der Waals surface area contributed by atoms with Crippen molar-refractivity contribution in [2.75, 3.05) is 51.5 Å². The molecule has 0 bridgehead atoms. The van der Waals surface area contributed by atoms with Gasteiger partial charge in [-0.1, -0.05) is 31.2 Å². The molecular formula is C23H30N4O4. The molecule has 166 valence electrons. The number of nitrogens with one attached hydrogen (secondary N) is 2. The van der Waals surface area contributed by atoms with Crippen LogP contribution in [0.4, 0.5) is 11.4 Å². The molecule has 0 aliphatic carbocycles. The summed E-state index contributed by atoms with van der Waals surface area (Å²) in [6.07, 6.45) is 0.799. The molecule has 0 atom stereocenters. The van der Waals surface area contributed by atoms with Crippen LogP contribution in [0.3, 0.4) is 0 Å². The standard InChI is InChI=1S/C23H30N4O4/c1-5-17-9-6-7-12-20(17)25-22(29)15-27(3)23(30)16-26(2)14-21(28)24-18-10-8-11-19(13-18)31-4/h6-13H,5,14-16H2,1-4H3,(H,24,28)(H,25,29). The predicted molar refractivity (Wildman–Crippen MR) is 121 cm³/mol. The number of amides is 3. The second kappa shape index (κ2) is 11.7. The lowest BCUT2D eigenvalue weighted by molar-refractivity contribution is -0.134. The summed E-state index contributed by atoms with van der Waals surface area (Å²) in [6, 6.07) is 14.6. The molecule has 0 radical (unpaired) electrons. The summed E-state index contributed by atoms with van der Waals surface area (Å²) in [6.45, 7) is 2.00. The fraction of sp³-hybridized carbons (Fsp3) is 0.348. The minimum Gasteiger partial charge on any atom is -0.497 e. The smallest absolute Gasteiger partial charge is 0.243 e. The Labute approximate surface area is 183 Å². The van der Waals surface area contributed by atoms with Crippen LogP contribution in [-0.4, -0.2) is 68.4 Å². The van der Waals surface area contributed by atoms with Gasteiger partial charge >= 0.3 is 0 Å². The SMILES string of the molecule is CCc1ccccc1NC(=O)CN(C)C(=O)CN(C)CC(=O)Nc1cccc(OC)c1. The van der Waals surface area contributed by atoms with E-state index in [-0.39, 0.29) is 37.4 Å². The van der Waals surface area contributed by atoms with Crippen molar-refractivity contribution in [3.05, 3.63) is 54.1 Å². The molecule has 2 N–H and O–H groups in total. The number of carbonyl (C=O) groups excluding carboxylic acids is 3. The van der Waals surface area contributed by atoms with Gasteiger partial charge in [-0.25, -0.2) is 0 Å². The normalized spacial score (nSPS) is 10.5. The largest absolute Gasteiger partial charge is 0.497 e. The maximum Gasteiger partial charge on any atom is 0.243 e. The van der Waals surface area contributed by atoms with Crippen molar-refractivity contribution < 1.29 is 19.1 Å². The first-order chi connectivity index (χ1) is 14.8. The fourth-order valence-corrected chi connectivity index (χ4v) is 3.00. The van der Waals surface area contributed by atoms with E-state index in [9.17, 15) is 14.4 Å². The number of benzene rings is 2. The Morgan fingerprint density at radius 3 is 2.32 bits per heavy atom. The van der Waals surface area contributed by atoms with E-state index in [4.69, 9.17) is 4.74 Å². The first-order valence-electron chi connectivity index (χ1n) is 10.1. The van der Waals surface area contributed by atoms with Crippen LogP contribution in [0, 0.1) is 0 Å². The third-order valence-electron chi connectivity index (χ3n) is 4.65. The van der Waals surface area contributed by atoms with Crippen molar-refractivity contribution >= 4 is 29.1 Å². The van der Waals surface area contributed by atoms with Crippen LogP contribution in [-0.2, 0) is 20.8 Å². The van der Waals surface area contributed by atoms with Gasteiger partial charge in [0.05, 0.1) is 26.7 Å². The van der Waals surface area contributed by atoms with Crippen molar-refractivity contribution in [2.24, 2.45) is 0 Å². The molecule has 0 aliphatic heterocycles. The first-order valence-corrected chi connectivity index (χ1v) is 10.1. The Balaban J connectivity index is 1.80. The fourth-order valence-electron chi connectivity index (χ4n) is 3.00. The Morgan fingerprint density at radius 1 is 0.903 bits per heavy atom. The molecule has 8 nitrogen and oxygen atoms in total. The van der Waals surface area contributed by atoms with Gasteiger partial charge in [-0.3, -0.25) is 19.3 Å². The first kappa shape index (κ1) is 23.9. The van der Waals surface area contributed by atoms with Crippen LogP contribution in [0.2, 0.25) is 0 Å². The van der Waals surface area contributed by atoms with Gasteiger partial charge in [-0.15, -0.1) is 0 Å². The van der Waals surface area contributed by atoms with Gasteiger partial charge in [0.25, 0.3) is 0 Å². The molecule has 31 heavy (non-hydrogen) atoms. The lowest BCUT2D eigenvalue weighted by Crippen LogP contribution is -2.42. The number of para-hydroxylation sites is 1. The summed E-state index contributed by atoms with van der Waals surface area (Å²) < 4.78 is 5.13. The maximum absolute atomic E-state index is 12.4. The zero-order valence-electron chi connectivity index (χ0n) is 18.5. The number of aryl methyl sites for hydroxylation is 1. The van der Waals surface area contributed by atoms with Gasteiger partial charge in [0.2, 0.25) is 17.7 Å². The summed E-state index contributed by atoms with van der Waals surface area (Å²) in [4.78, 5) is 39.9. The highest BCUT2D eigenvalue weighted by atomic mass is 16.5. The third kappa shape index (κ3) is 7.75. The number of likely N-dealkylation sites (N-methyl/N-ethyl adjacent to an activating group) is 2. The quantitative estimate of drug-likeness (QED) is 0.608. The van der Waals surface area contributed by atoms with Crippen LogP contribution in [0.15, 0.2) is 48.5 Å². The highest BCUT2D eigenvalue weighted by Gasteiger charge is 2.17. The van der Waals surface area contributed by atoms with Crippen LogP contribution in [0.1, 0.15) is 12.5 Å². The molecule has 3 amide bonds. The minimum absolute atomic E-state index is 0.0147. The van der Waals surface area contributed by atoms with Gasteiger partial charge in [0, 0.05) is 24.5 Å². The highest BCUT2D eigenvalue weighted by molar-refractivity contribution is 5.95. The molecule has 0 saturated carbocycles. The van der Waals surface area contributed by atoms with Crippen molar-refractivity contribution in [1.82, 2.24) is 9.80 Å². The summed E-state index contributed by atoms with van der Waals surface area (Å²) in [7, 11) is 4.80. The Kier molecular flexibility index (Phi) is 9.02. The number of hydrogen-bond acceptors (Lipinski definition) is 5. The third-order valence-corrected chi connectivity index (χ3v) is 4.65. The molecule has 0 saturated heterocycles. The molecular weight excluding hydrogens is 396 g/mol.